The molecule has 2 aliphatic heterocycles. The van der Waals surface area contributed by atoms with Crippen molar-refractivity contribution in [2.24, 2.45) is 0 Å². The average molecular weight is 429 g/mol. The molecule has 2 unspecified atom stereocenters. The van der Waals surface area contributed by atoms with Crippen molar-refractivity contribution in [1.82, 2.24) is 15.1 Å². The van der Waals surface area contributed by atoms with Crippen molar-refractivity contribution in [3.63, 3.8) is 0 Å². The van der Waals surface area contributed by atoms with Crippen LogP contribution in [0.1, 0.15) is 19.3 Å². The Morgan fingerprint density at radius 2 is 1.90 bits per heavy atom. The number of ether oxygens (including phenoxy) is 2. The van der Waals surface area contributed by atoms with Crippen LogP contribution in [0.5, 0.6) is 11.5 Å². The molecule has 1 aromatic rings. The molecule has 3 rings (SSSR count). The number of hydroxylamine groups is 1. The molecule has 162 valence electrons. The molecule has 0 spiro atoms. The molecular weight excluding hydrogens is 402 g/mol. The van der Waals surface area contributed by atoms with E-state index in [-0.39, 0.29) is 32.2 Å². The minimum atomic E-state index is -3.97. The van der Waals surface area contributed by atoms with E-state index in [1.165, 1.54) is 9.79 Å². The molecule has 10 nitrogen and oxygen atoms in total. The summed E-state index contributed by atoms with van der Waals surface area (Å²) in [5.74, 6) is 0.0775. The van der Waals surface area contributed by atoms with E-state index >= 15 is 0 Å². The summed E-state index contributed by atoms with van der Waals surface area (Å²) in [7, 11) is -2.41. The number of para-hydroxylation sites is 2. The maximum atomic E-state index is 13.2. The number of carbonyl (C=O) groups is 1. The fraction of sp³-hybridized carbons (Fsp3) is 0.611. The molecule has 2 heterocycles. The maximum absolute atomic E-state index is 13.2. The van der Waals surface area contributed by atoms with Gasteiger partial charge in [-0.15, -0.1) is 0 Å². The summed E-state index contributed by atoms with van der Waals surface area (Å²) in [6.07, 6.45) is 0.814. The van der Waals surface area contributed by atoms with Crippen molar-refractivity contribution in [3.05, 3.63) is 24.3 Å². The van der Waals surface area contributed by atoms with Crippen molar-refractivity contribution in [2.75, 3.05) is 33.3 Å². The molecule has 0 saturated carbocycles. The summed E-state index contributed by atoms with van der Waals surface area (Å²) in [4.78, 5) is 12.0. The minimum absolute atomic E-state index is 0.0594. The van der Waals surface area contributed by atoms with Gasteiger partial charge in [0.05, 0.1) is 7.11 Å². The van der Waals surface area contributed by atoms with Crippen LogP contribution < -0.4 is 20.3 Å². The summed E-state index contributed by atoms with van der Waals surface area (Å²) in [6, 6.07) is 7.26. The van der Waals surface area contributed by atoms with Crippen LogP contribution in [0.15, 0.2) is 24.3 Å². The van der Waals surface area contributed by atoms with Crippen molar-refractivity contribution >= 4 is 15.9 Å². The van der Waals surface area contributed by atoms with E-state index in [0.717, 1.165) is 0 Å². The van der Waals surface area contributed by atoms with Crippen molar-refractivity contribution in [3.8, 4) is 11.5 Å². The number of carbonyl (C=O) groups excluding carboxylic acids is 1. The number of hydrogen-bond acceptors (Lipinski definition) is 8. The molecule has 29 heavy (non-hydrogen) atoms. The molecule has 0 bridgehead atoms. The number of rotatable bonds is 6. The second-order valence-electron chi connectivity index (χ2n) is 7.23. The minimum Gasteiger partial charge on any atom is -0.493 e. The molecule has 2 aliphatic rings. The van der Waals surface area contributed by atoms with Crippen LogP contribution in [0.4, 0.5) is 0 Å². The lowest BCUT2D eigenvalue weighted by Gasteiger charge is -2.41. The van der Waals surface area contributed by atoms with Gasteiger partial charge in [-0.3, -0.25) is 10.0 Å². The molecule has 0 aliphatic carbocycles. The zero-order chi connectivity index (χ0) is 21.1. The molecule has 1 aromatic carbocycles. The highest BCUT2D eigenvalue weighted by molar-refractivity contribution is 7.89. The van der Waals surface area contributed by atoms with Gasteiger partial charge < -0.3 is 19.9 Å². The quantitative estimate of drug-likeness (QED) is 0.350. The van der Waals surface area contributed by atoms with E-state index in [1.807, 2.05) is 12.1 Å². The normalized spacial score (nSPS) is 26.7. The van der Waals surface area contributed by atoms with Gasteiger partial charge in [-0.2, -0.15) is 0 Å². The molecular formula is C18H27N3O7S. The van der Waals surface area contributed by atoms with Gasteiger partial charge in [0, 0.05) is 19.6 Å². The Labute approximate surface area is 169 Å². The van der Waals surface area contributed by atoms with Crippen LogP contribution in [0.2, 0.25) is 0 Å². The number of hydrogen-bond donors (Lipinski definition) is 4. The fourth-order valence-electron chi connectivity index (χ4n) is 3.86. The van der Waals surface area contributed by atoms with Crippen LogP contribution in [0.3, 0.4) is 0 Å². The third kappa shape index (κ3) is 4.33. The van der Waals surface area contributed by atoms with Gasteiger partial charge >= 0.3 is 0 Å². The van der Waals surface area contributed by atoms with Crippen LogP contribution in [0, 0.1) is 0 Å². The number of nitrogens with one attached hydrogen (secondary N) is 2. The summed E-state index contributed by atoms with van der Waals surface area (Å²) < 4.78 is 38.9. The first kappa shape index (κ1) is 21.8. The molecule has 2 fully saturated rings. The lowest BCUT2D eigenvalue weighted by molar-refractivity contribution is -0.150. The Morgan fingerprint density at radius 1 is 1.24 bits per heavy atom. The van der Waals surface area contributed by atoms with E-state index in [1.54, 1.807) is 19.2 Å². The lowest BCUT2D eigenvalue weighted by Crippen LogP contribution is -2.67. The van der Waals surface area contributed by atoms with Crippen molar-refractivity contribution in [1.29, 1.82) is 0 Å². The number of β-amino-alcohol motifs (C(OH)–C–C–N with tert-alkyl or cyclic N) is 1. The van der Waals surface area contributed by atoms with Gasteiger partial charge in [-0.05, 0) is 37.9 Å². The highest BCUT2D eigenvalue weighted by atomic mass is 32.2. The van der Waals surface area contributed by atoms with E-state index < -0.39 is 26.8 Å². The number of amides is 1. The summed E-state index contributed by atoms with van der Waals surface area (Å²) >= 11 is 0. The molecule has 2 saturated heterocycles. The van der Waals surface area contributed by atoms with E-state index in [9.17, 15) is 18.3 Å². The van der Waals surface area contributed by atoms with Gasteiger partial charge in [0.1, 0.15) is 11.4 Å². The lowest BCUT2D eigenvalue weighted by atomic mass is 9.93. The summed E-state index contributed by atoms with van der Waals surface area (Å²) in [5.41, 5.74) is -0.858. The van der Waals surface area contributed by atoms with Crippen LogP contribution in [-0.4, -0.2) is 79.2 Å². The number of piperidine rings is 2. The first-order chi connectivity index (χ1) is 13.8. The number of methoxy groups -OCH3 is 1. The molecule has 0 radical (unpaired) electrons. The Kier molecular flexibility index (Phi) is 6.64. The topological polar surface area (TPSA) is 137 Å². The zero-order valence-corrected chi connectivity index (χ0v) is 17.0. The standard InChI is InChI=1S/C18H27N3O7S/c1-27-14-4-2-3-5-15(14)28-13-7-10-21(11-8-13)29(25,26)16-6-9-19-12-18(16,23)17(22)20-24/h2-5,13,16,19,23-24H,6-12H2,1H3,(H,20,22). The smallest absolute Gasteiger partial charge is 0.278 e. The Balaban J connectivity index is 1.68. The Hall–Kier alpha value is -1.92. The monoisotopic (exact) mass is 429 g/mol. The van der Waals surface area contributed by atoms with Crippen molar-refractivity contribution in [2.45, 2.75) is 36.2 Å². The molecule has 0 aromatic heterocycles. The first-order valence-corrected chi connectivity index (χ1v) is 11.0. The second kappa shape index (κ2) is 8.84. The fourth-order valence-corrected chi connectivity index (χ4v) is 6.04. The number of sulfonamides is 1. The van der Waals surface area contributed by atoms with E-state index in [2.05, 4.69) is 5.32 Å². The average Bonchev–Trinajstić information content (AvgIpc) is 2.74. The summed E-state index contributed by atoms with van der Waals surface area (Å²) in [5, 5.41) is 21.1. The largest absolute Gasteiger partial charge is 0.493 e. The Morgan fingerprint density at radius 3 is 2.52 bits per heavy atom. The number of nitrogens with zero attached hydrogens (tertiary/aromatic N) is 1. The SMILES string of the molecule is COc1ccccc1OC1CCN(S(=O)(=O)C2CCNCC2(O)C(=O)NO)CC1. The van der Waals surface area contributed by atoms with Crippen molar-refractivity contribution < 1.29 is 33.0 Å². The molecule has 2 atom stereocenters. The van der Waals surface area contributed by atoms with Crippen LogP contribution >= 0.6 is 0 Å². The van der Waals surface area contributed by atoms with Gasteiger partial charge in [0.25, 0.3) is 5.91 Å². The van der Waals surface area contributed by atoms with Crippen LogP contribution in [0.25, 0.3) is 0 Å². The van der Waals surface area contributed by atoms with Crippen LogP contribution in [-0.2, 0) is 14.8 Å². The van der Waals surface area contributed by atoms with Gasteiger partial charge in [-0.1, -0.05) is 12.1 Å². The third-order valence-electron chi connectivity index (χ3n) is 5.49. The highest BCUT2D eigenvalue weighted by Crippen LogP contribution is 2.32. The zero-order valence-electron chi connectivity index (χ0n) is 16.2. The van der Waals surface area contributed by atoms with Gasteiger partial charge in [0.2, 0.25) is 10.0 Å². The molecule has 1 amide bonds. The summed E-state index contributed by atoms with van der Waals surface area (Å²) in [6.45, 7) is 0.515. The second-order valence-corrected chi connectivity index (χ2v) is 9.35. The Bertz CT molecular complexity index is 826. The molecule has 11 heteroatoms. The number of aliphatic hydroxyl groups is 1. The number of benzene rings is 1. The maximum Gasteiger partial charge on any atom is 0.278 e. The van der Waals surface area contributed by atoms with Gasteiger partial charge in [0.15, 0.2) is 17.1 Å². The predicted octanol–water partition coefficient (Wildman–Crippen LogP) is -0.533. The predicted molar refractivity (Wildman–Crippen MR) is 103 cm³/mol. The van der Waals surface area contributed by atoms with E-state index in [0.29, 0.717) is 30.9 Å². The highest BCUT2D eigenvalue weighted by Gasteiger charge is 2.54. The first-order valence-electron chi connectivity index (χ1n) is 9.49. The molecule has 4 N–H and O–H groups in total. The van der Waals surface area contributed by atoms with E-state index in [4.69, 9.17) is 14.7 Å². The van der Waals surface area contributed by atoms with Gasteiger partial charge in [-0.25, -0.2) is 18.2 Å². The third-order valence-corrected chi connectivity index (χ3v) is 7.92.